The summed E-state index contributed by atoms with van der Waals surface area (Å²) in [5.74, 6) is 3.03. The number of aromatic nitrogens is 1. The maximum absolute atomic E-state index is 5.71. The minimum Gasteiger partial charge on any atom is -0.479 e. The first kappa shape index (κ1) is 20.3. The van der Waals surface area contributed by atoms with Gasteiger partial charge in [0.2, 0.25) is 5.88 Å². The monoisotopic (exact) mass is 387 g/mol. The van der Waals surface area contributed by atoms with Crippen molar-refractivity contribution in [1.29, 1.82) is 0 Å². The van der Waals surface area contributed by atoms with Gasteiger partial charge in [0.15, 0.2) is 5.82 Å². The largest absolute Gasteiger partial charge is 0.479 e. The zero-order chi connectivity index (χ0) is 20.1. The molecule has 1 atom stereocenters. The van der Waals surface area contributed by atoms with Gasteiger partial charge in [0.25, 0.3) is 5.88 Å². The highest BCUT2D eigenvalue weighted by molar-refractivity contribution is 5.77. The van der Waals surface area contributed by atoms with E-state index in [9.17, 15) is 0 Å². The van der Waals surface area contributed by atoms with E-state index in [-0.39, 0.29) is 6.04 Å². The number of hydrogen-bond acceptors (Lipinski definition) is 7. The lowest BCUT2D eigenvalue weighted by atomic mass is 10.1. The zero-order valence-electron chi connectivity index (χ0n) is 17.7. The lowest BCUT2D eigenvalue weighted by Crippen LogP contribution is -2.45. The van der Waals surface area contributed by atoms with Crippen molar-refractivity contribution in [3.8, 4) is 5.88 Å². The SMILES string of the molecule is CCC(CC)NC1=C(OC)N=CC(C)N1c1ccc(N2CCCC2)nc1OC. The lowest BCUT2D eigenvalue weighted by molar-refractivity contribution is 0.273. The van der Waals surface area contributed by atoms with Crippen molar-refractivity contribution in [1.82, 2.24) is 10.3 Å². The summed E-state index contributed by atoms with van der Waals surface area (Å²) in [7, 11) is 3.33. The van der Waals surface area contributed by atoms with E-state index in [1.165, 1.54) is 12.8 Å². The Hall–Kier alpha value is -2.44. The summed E-state index contributed by atoms with van der Waals surface area (Å²) in [5, 5.41) is 3.63. The minimum atomic E-state index is 0.0455. The number of rotatable bonds is 8. The van der Waals surface area contributed by atoms with Gasteiger partial charge in [0.05, 0.1) is 20.3 Å². The van der Waals surface area contributed by atoms with Crippen molar-refractivity contribution >= 4 is 17.7 Å². The van der Waals surface area contributed by atoms with Crippen molar-refractivity contribution in [2.24, 2.45) is 4.99 Å². The summed E-state index contributed by atoms with van der Waals surface area (Å²) >= 11 is 0. The number of pyridine rings is 1. The van der Waals surface area contributed by atoms with E-state index in [2.05, 4.69) is 53.0 Å². The van der Waals surface area contributed by atoms with E-state index >= 15 is 0 Å². The van der Waals surface area contributed by atoms with Crippen LogP contribution in [0.3, 0.4) is 0 Å². The van der Waals surface area contributed by atoms with Gasteiger partial charge in [-0.1, -0.05) is 13.8 Å². The van der Waals surface area contributed by atoms with Crippen LogP contribution in [0.15, 0.2) is 28.8 Å². The first-order valence-electron chi connectivity index (χ1n) is 10.3. The molecule has 0 amide bonds. The molecule has 2 aliphatic rings. The van der Waals surface area contributed by atoms with Gasteiger partial charge in [-0.2, -0.15) is 4.98 Å². The van der Waals surface area contributed by atoms with Crippen molar-refractivity contribution in [3.63, 3.8) is 0 Å². The number of nitrogens with zero attached hydrogens (tertiary/aromatic N) is 4. The minimum absolute atomic E-state index is 0.0455. The van der Waals surface area contributed by atoms with Crippen LogP contribution in [0.1, 0.15) is 46.5 Å². The van der Waals surface area contributed by atoms with Crippen molar-refractivity contribution in [2.45, 2.75) is 58.5 Å². The smallest absolute Gasteiger partial charge is 0.255 e. The Bertz CT molecular complexity index is 724. The fraction of sp³-hybridized carbons (Fsp3) is 0.619. The fourth-order valence-electron chi connectivity index (χ4n) is 3.80. The topological polar surface area (TPSA) is 62.2 Å². The van der Waals surface area contributed by atoms with Crippen LogP contribution in [0.4, 0.5) is 11.5 Å². The molecule has 7 nitrogen and oxygen atoms in total. The molecule has 1 aromatic heterocycles. The highest BCUT2D eigenvalue weighted by Gasteiger charge is 2.30. The summed E-state index contributed by atoms with van der Waals surface area (Å²) in [5.41, 5.74) is 0.909. The third-order valence-electron chi connectivity index (χ3n) is 5.49. The van der Waals surface area contributed by atoms with Crippen LogP contribution >= 0.6 is 0 Å². The van der Waals surface area contributed by atoms with Gasteiger partial charge >= 0.3 is 0 Å². The van der Waals surface area contributed by atoms with E-state index in [1.807, 2.05) is 6.21 Å². The molecular formula is C21H33N5O2. The average molecular weight is 388 g/mol. The Morgan fingerprint density at radius 2 is 1.86 bits per heavy atom. The van der Waals surface area contributed by atoms with Crippen LogP contribution in [0.5, 0.6) is 5.88 Å². The van der Waals surface area contributed by atoms with Gasteiger partial charge in [0.1, 0.15) is 11.5 Å². The second kappa shape index (κ2) is 9.17. The van der Waals surface area contributed by atoms with Crippen LogP contribution in [0.2, 0.25) is 0 Å². The molecule has 1 N–H and O–H groups in total. The summed E-state index contributed by atoms with van der Waals surface area (Å²) in [6, 6.07) is 4.56. The molecule has 28 heavy (non-hydrogen) atoms. The number of anilines is 2. The molecule has 7 heteroatoms. The first-order chi connectivity index (χ1) is 13.6. The third-order valence-corrected chi connectivity index (χ3v) is 5.49. The van der Waals surface area contributed by atoms with Crippen molar-refractivity contribution in [2.75, 3.05) is 37.1 Å². The van der Waals surface area contributed by atoms with E-state index < -0.39 is 0 Å². The molecule has 0 radical (unpaired) electrons. The van der Waals surface area contributed by atoms with Gasteiger partial charge in [0, 0.05) is 25.3 Å². The molecule has 0 aliphatic carbocycles. The summed E-state index contributed by atoms with van der Waals surface area (Å²) < 4.78 is 11.3. The molecule has 2 aliphatic heterocycles. The van der Waals surface area contributed by atoms with E-state index in [0.29, 0.717) is 17.8 Å². The van der Waals surface area contributed by atoms with E-state index in [1.54, 1.807) is 14.2 Å². The van der Waals surface area contributed by atoms with Gasteiger partial charge < -0.3 is 24.6 Å². The van der Waals surface area contributed by atoms with Gasteiger partial charge in [-0.3, -0.25) is 0 Å². The molecular weight excluding hydrogens is 354 g/mol. The molecule has 0 spiro atoms. The van der Waals surface area contributed by atoms with Crippen molar-refractivity contribution in [3.05, 3.63) is 23.8 Å². The first-order valence-corrected chi connectivity index (χ1v) is 10.3. The average Bonchev–Trinajstić information content (AvgIpc) is 3.26. The Kier molecular flexibility index (Phi) is 6.65. The number of methoxy groups -OCH3 is 2. The predicted octanol–water partition coefficient (Wildman–Crippen LogP) is 3.52. The normalized spacial score (nSPS) is 19.6. The standard InChI is InChI=1S/C21H33N5O2/c1-6-16(7-2)23-19-21(28-5)22-14-15(3)26(19)17-10-11-18(24-20(17)27-4)25-12-8-9-13-25/h10-11,14-16,23H,6-9,12-13H2,1-5H3. The molecule has 0 bridgehead atoms. The molecule has 1 aromatic rings. The maximum atomic E-state index is 5.71. The molecule has 3 rings (SSSR count). The summed E-state index contributed by atoms with van der Waals surface area (Å²) in [6.07, 6.45) is 6.37. The molecule has 1 saturated heterocycles. The van der Waals surface area contributed by atoms with Gasteiger partial charge in [-0.05, 0) is 44.7 Å². The number of nitrogens with one attached hydrogen (secondary N) is 1. The van der Waals surface area contributed by atoms with Crippen LogP contribution < -0.4 is 19.9 Å². The Balaban J connectivity index is 2.00. The quantitative estimate of drug-likeness (QED) is 0.736. The van der Waals surface area contributed by atoms with Crippen LogP contribution in [0, 0.1) is 0 Å². The molecule has 1 unspecified atom stereocenters. The Morgan fingerprint density at radius 3 is 2.46 bits per heavy atom. The molecule has 154 valence electrons. The second-order valence-corrected chi connectivity index (χ2v) is 7.30. The van der Waals surface area contributed by atoms with Crippen LogP contribution in [-0.4, -0.2) is 50.6 Å². The predicted molar refractivity (Wildman–Crippen MR) is 114 cm³/mol. The van der Waals surface area contributed by atoms with Gasteiger partial charge in [-0.15, -0.1) is 0 Å². The maximum Gasteiger partial charge on any atom is 0.255 e. The van der Waals surface area contributed by atoms with Crippen molar-refractivity contribution < 1.29 is 9.47 Å². The molecule has 0 aromatic carbocycles. The Morgan fingerprint density at radius 1 is 1.14 bits per heavy atom. The van der Waals surface area contributed by atoms with E-state index in [4.69, 9.17) is 14.5 Å². The summed E-state index contributed by atoms with van der Waals surface area (Å²) in [6.45, 7) is 8.58. The number of ether oxygens (including phenoxy) is 2. The number of hydrogen-bond donors (Lipinski definition) is 1. The van der Waals surface area contributed by atoms with Crippen LogP contribution in [-0.2, 0) is 4.74 Å². The molecule has 0 saturated carbocycles. The Labute approximate surface area is 168 Å². The second-order valence-electron chi connectivity index (χ2n) is 7.30. The highest BCUT2D eigenvalue weighted by atomic mass is 16.5. The zero-order valence-corrected chi connectivity index (χ0v) is 17.7. The summed E-state index contributed by atoms with van der Waals surface area (Å²) in [4.78, 5) is 13.8. The lowest BCUT2D eigenvalue weighted by Gasteiger charge is -2.36. The molecule has 1 fully saturated rings. The van der Waals surface area contributed by atoms with E-state index in [0.717, 1.165) is 43.3 Å². The number of aliphatic imine (C=N–C) groups is 1. The highest BCUT2D eigenvalue weighted by Crippen LogP contribution is 2.35. The third kappa shape index (κ3) is 4.03. The van der Waals surface area contributed by atoms with Gasteiger partial charge in [-0.25, -0.2) is 4.99 Å². The fourth-order valence-corrected chi connectivity index (χ4v) is 3.80. The molecule has 3 heterocycles. The van der Waals surface area contributed by atoms with Crippen LogP contribution in [0.25, 0.3) is 0 Å².